The summed E-state index contributed by atoms with van der Waals surface area (Å²) in [6.07, 6.45) is 2.79. The fraction of sp³-hybridized carbons (Fsp3) is 0.353. The molecule has 4 heterocycles. The van der Waals surface area contributed by atoms with Crippen LogP contribution in [0.5, 0.6) is 11.5 Å². The molecule has 0 saturated carbocycles. The number of aromatic nitrogens is 8. The van der Waals surface area contributed by atoms with Gasteiger partial charge in [-0.15, -0.1) is 10.2 Å². The molecule has 0 radical (unpaired) electrons. The second kappa shape index (κ2) is 13.3. The Labute approximate surface area is 282 Å². The first-order valence-corrected chi connectivity index (χ1v) is 17.8. The van der Waals surface area contributed by atoms with Gasteiger partial charge in [0.1, 0.15) is 23.1 Å². The van der Waals surface area contributed by atoms with Crippen molar-refractivity contribution in [2.75, 3.05) is 13.2 Å². The summed E-state index contributed by atoms with van der Waals surface area (Å²) in [4.78, 5) is 41.0. The standard InChI is InChI=1S/C34H38N8O6S/c1-7-11-27-35-19(5)29-33(43)37-31(39-41(27)29)23-17-21(13-15-25(23)47-9-3)49(45,46)22-14-16-26(48-10-4)24(18-22)32-38-34(44)30-20(6)36-28(12-8-2)42(30)40-32/h13-18H,7-12H2,1-6H3,(H,37,39,43)(H,38,40,44). The number of sulfone groups is 1. The largest absolute Gasteiger partial charge is 0.493 e. The Bertz CT molecular complexity index is 2280. The lowest BCUT2D eigenvalue weighted by Gasteiger charge is -2.15. The van der Waals surface area contributed by atoms with Crippen molar-refractivity contribution in [1.82, 2.24) is 39.2 Å². The van der Waals surface area contributed by atoms with Crippen molar-refractivity contribution < 1.29 is 17.9 Å². The molecule has 0 aliphatic carbocycles. The Balaban J connectivity index is 1.51. The van der Waals surface area contributed by atoms with Crippen LogP contribution in [-0.2, 0) is 22.7 Å². The van der Waals surface area contributed by atoms with Crippen molar-refractivity contribution in [3.8, 4) is 34.3 Å². The molecule has 2 N–H and O–H groups in total. The molecule has 6 rings (SSSR count). The van der Waals surface area contributed by atoms with E-state index in [1.807, 2.05) is 13.8 Å². The van der Waals surface area contributed by atoms with Gasteiger partial charge in [-0.2, -0.15) is 0 Å². The number of aryl methyl sites for hydroxylation is 4. The van der Waals surface area contributed by atoms with Gasteiger partial charge >= 0.3 is 0 Å². The third-order valence-electron chi connectivity index (χ3n) is 8.07. The molecule has 0 aliphatic heterocycles. The monoisotopic (exact) mass is 686 g/mol. The molecule has 0 saturated heterocycles. The second-order valence-corrected chi connectivity index (χ2v) is 13.5. The Morgan fingerprint density at radius 1 is 0.673 bits per heavy atom. The zero-order valence-electron chi connectivity index (χ0n) is 28.2. The Morgan fingerprint density at radius 2 is 1.08 bits per heavy atom. The van der Waals surface area contributed by atoms with Crippen molar-refractivity contribution in [2.24, 2.45) is 0 Å². The third kappa shape index (κ3) is 5.98. The van der Waals surface area contributed by atoms with Crippen molar-refractivity contribution in [3.05, 3.63) is 80.1 Å². The lowest BCUT2D eigenvalue weighted by Crippen LogP contribution is -2.16. The summed E-state index contributed by atoms with van der Waals surface area (Å²) in [7, 11) is -4.18. The van der Waals surface area contributed by atoms with Gasteiger partial charge in [0.2, 0.25) is 9.84 Å². The molecule has 256 valence electrons. The quantitative estimate of drug-likeness (QED) is 0.184. The van der Waals surface area contributed by atoms with Crippen LogP contribution in [0, 0.1) is 13.8 Å². The van der Waals surface area contributed by atoms with Crippen molar-refractivity contribution in [3.63, 3.8) is 0 Å². The van der Waals surface area contributed by atoms with Crippen LogP contribution in [0.3, 0.4) is 0 Å². The Hall–Kier alpha value is -5.31. The van der Waals surface area contributed by atoms with Gasteiger partial charge in [0.25, 0.3) is 11.1 Å². The number of ether oxygens (including phenoxy) is 2. The van der Waals surface area contributed by atoms with E-state index in [9.17, 15) is 18.0 Å². The number of imidazole rings is 2. The van der Waals surface area contributed by atoms with Crippen LogP contribution in [0.4, 0.5) is 0 Å². The van der Waals surface area contributed by atoms with E-state index in [0.29, 0.717) is 71.6 Å². The number of H-pyrrole nitrogens is 2. The van der Waals surface area contributed by atoms with Crippen LogP contribution < -0.4 is 20.6 Å². The molecule has 0 amide bonds. The molecule has 0 atom stereocenters. The highest BCUT2D eigenvalue weighted by Crippen LogP contribution is 2.36. The summed E-state index contributed by atoms with van der Waals surface area (Å²) in [5.41, 5.74) is 1.53. The molecule has 6 aromatic rings. The molecule has 15 heteroatoms. The lowest BCUT2D eigenvalue weighted by atomic mass is 10.2. The van der Waals surface area contributed by atoms with Gasteiger partial charge < -0.3 is 19.4 Å². The Kier molecular flexibility index (Phi) is 9.12. The molecule has 0 fully saturated rings. The molecule has 4 aromatic heterocycles. The number of aromatic amines is 2. The van der Waals surface area contributed by atoms with Crippen LogP contribution in [0.25, 0.3) is 33.8 Å². The van der Waals surface area contributed by atoms with Crippen molar-refractivity contribution >= 4 is 20.9 Å². The van der Waals surface area contributed by atoms with Gasteiger partial charge in [-0.25, -0.2) is 27.4 Å². The maximum absolute atomic E-state index is 14.3. The Morgan fingerprint density at radius 3 is 1.45 bits per heavy atom. The predicted molar refractivity (Wildman–Crippen MR) is 183 cm³/mol. The third-order valence-corrected chi connectivity index (χ3v) is 9.81. The van der Waals surface area contributed by atoms with E-state index in [-0.39, 0.29) is 32.6 Å². The van der Waals surface area contributed by atoms with Crippen LogP contribution in [-0.4, -0.2) is 60.8 Å². The summed E-state index contributed by atoms with van der Waals surface area (Å²) in [5, 5.41) is 9.37. The average Bonchev–Trinajstić information content (AvgIpc) is 3.57. The van der Waals surface area contributed by atoms with Crippen molar-refractivity contribution in [1.29, 1.82) is 0 Å². The van der Waals surface area contributed by atoms with Gasteiger partial charge in [0.05, 0.1) is 45.5 Å². The minimum Gasteiger partial charge on any atom is -0.493 e. The van der Waals surface area contributed by atoms with Gasteiger partial charge in [0, 0.05) is 12.8 Å². The molecule has 14 nitrogen and oxygen atoms in total. The first kappa shape index (κ1) is 33.6. The zero-order chi connectivity index (χ0) is 35.0. The van der Waals surface area contributed by atoms with E-state index >= 15 is 0 Å². The van der Waals surface area contributed by atoms with E-state index in [1.165, 1.54) is 33.3 Å². The highest BCUT2D eigenvalue weighted by atomic mass is 32.2. The van der Waals surface area contributed by atoms with E-state index in [2.05, 4.69) is 30.1 Å². The molecule has 0 aliphatic rings. The smallest absolute Gasteiger partial charge is 0.277 e. The van der Waals surface area contributed by atoms with Gasteiger partial charge in [0.15, 0.2) is 22.7 Å². The lowest BCUT2D eigenvalue weighted by molar-refractivity contribution is 0.341. The SMILES string of the molecule is CCCc1nc(C)c2c(=O)[nH]c(-c3cc(S(=O)(=O)c4ccc(OCC)c(-c5nn6c(CCC)nc(C)c6c(=O)[nH]5)c4)ccc3OCC)nn12. The van der Waals surface area contributed by atoms with E-state index in [4.69, 9.17) is 9.47 Å². The molecule has 49 heavy (non-hydrogen) atoms. The highest BCUT2D eigenvalue weighted by Gasteiger charge is 2.25. The molecular weight excluding hydrogens is 648 g/mol. The van der Waals surface area contributed by atoms with Gasteiger partial charge in [-0.05, 0) is 76.9 Å². The number of rotatable bonds is 12. The number of fused-ring (bicyclic) bond motifs is 2. The topological polar surface area (TPSA) is 179 Å². The summed E-state index contributed by atoms with van der Waals surface area (Å²) in [6.45, 7) is 11.7. The molecule has 2 aromatic carbocycles. The molecule has 0 unspecified atom stereocenters. The molecule has 0 bridgehead atoms. The predicted octanol–water partition coefficient (Wildman–Crippen LogP) is 4.63. The maximum atomic E-state index is 14.3. The summed E-state index contributed by atoms with van der Waals surface area (Å²) < 4.78 is 43.3. The number of benzene rings is 2. The van der Waals surface area contributed by atoms with Crippen LogP contribution >= 0.6 is 0 Å². The summed E-state index contributed by atoms with van der Waals surface area (Å²) >= 11 is 0. The fourth-order valence-electron chi connectivity index (χ4n) is 5.91. The van der Waals surface area contributed by atoms with Gasteiger partial charge in [-0.3, -0.25) is 9.59 Å². The molecular formula is C34H38N8O6S. The van der Waals surface area contributed by atoms with Crippen LogP contribution in [0.15, 0.2) is 55.8 Å². The minimum absolute atomic E-state index is 0.0632. The van der Waals surface area contributed by atoms with E-state index < -0.39 is 21.0 Å². The van der Waals surface area contributed by atoms with Crippen molar-refractivity contribution in [2.45, 2.75) is 77.0 Å². The second-order valence-electron chi connectivity index (χ2n) is 11.5. The first-order chi connectivity index (χ1) is 23.5. The number of nitrogens with zero attached hydrogens (tertiary/aromatic N) is 6. The zero-order valence-corrected chi connectivity index (χ0v) is 29.1. The minimum atomic E-state index is -4.18. The normalized spacial score (nSPS) is 11.9. The van der Waals surface area contributed by atoms with E-state index in [1.54, 1.807) is 39.8 Å². The first-order valence-electron chi connectivity index (χ1n) is 16.3. The van der Waals surface area contributed by atoms with E-state index in [0.717, 1.165) is 12.8 Å². The summed E-state index contributed by atoms with van der Waals surface area (Å²) in [5.74, 6) is 2.21. The van der Waals surface area contributed by atoms with Crippen LogP contribution in [0.1, 0.15) is 63.6 Å². The molecule has 0 spiro atoms. The summed E-state index contributed by atoms with van der Waals surface area (Å²) in [6, 6.07) is 8.83. The van der Waals surface area contributed by atoms with Crippen LogP contribution in [0.2, 0.25) is 0 Å². The highest BCUT2D eigenvalue weighted by molar-refractivity contribution is 7.91. The number of hydrogen-bond acceptors (Lipinski definition) is 10. The maximum Gasteiger partial charge on any atom is 0.277 e. The number of hydrogen-bond donors (Lipinski definition) is 2. The number of nitrogens with one attached hydrogen (secondary N) is 2. The van der Waals surface area contributed by atoms with Gasteiger partial charge in [-0.1, -0.05) is 13.8 Å². The fourth-order valence-corrected chi connectivity index (χ4v) is 7.22. The average molecular weight is 687 g/mol.